The molecule has 2 atom stereocenters. The molecule has 4 rings (SSSR count). The van der Waals surface area contributed by atoms with Gasteiger partial charge in [-0.1, -0.05) is 43.2 Å². The molecule has 0 aromatic heterocycles. The third-order valence-corrected chi connectivity index (χ3v) is 8.10. The number of hydrogen-bond donors (Lipinski definition) is 1. The first-order valence-corrected chi connectivity index (χ1v) is 11.6. The van der Waals surface area contributed by atoms with Crippen molar-refractivity contribution in [2.45, 2.75) is 63.7 Å². The Kier molecular flexibility index (Phi) is 6.31. The van der Waals surface area contributed by atoms with Gasteiger partial charge in [0, 0.05) is 13.7 Å². The van der Waals surface area contributed by atoms with Gasteiger partial charge in [0.2, 0.25) is 0 Å². The molecule has 0 amide bonds. The number of carbonyl (C=O) groups is 1. The van der Waals surface area contributed by atoms with E-state index in [1.165, 1.54) is 24.8 Å². The van der Waals surface area contributed by atoms with Crippen LogP contribution in [0.15, 0.2) is 30.3 Å². The highest BCUT2D eigenvalue weighted by Gasteiger charge is 2.45. The standard InChI is InChI=1S/C25H37NO3/c1-29-19-24(12-9-21-17-22(21)20-7-3-2-4-8-20)13-15-26(16-14-24)18-25(23(27)28)10-5-6-11-25/h2-4,7-8,21-22H,5-6,9-19H2,1H3,(H,27,28)/t21-,22?/m1/s1. The molecule has 3 fully saturated rings. The van der Waals surface area contributed by atoms with Crippen molar-refractivity contribution < 1.29 is 14.6 Å². The molecule has 1 N–H and O–H groups in total. The molecule has 0 bridgehead atoms. The lowest BCUT2D eigenvalue weighted by molar-refractivity contribution is -0.150. The van der Waals surface area contributed by atoms with E-state index in [0.717, 1.165) is 76.6 Å². The van der Waals surface area contributed by atoms with E-state index in [4.69, 9.17) is 4.74 Å². The molecule has 1 unspecified atom stereocenters. The molecule has 1 heterocycles. The summed E-state index contributed by atoms with van der Waals surface area (Å²) in [4.78, 5) is 14.3. The molecule has 1 aliphatic heterocycles. The number of hydrogen-bond acceptors (Lipinski definition) is 3. The van der Waals surface area contributed by atoms with Crippen LogP contribution < -0.4 is 0 Å². The summed E-state index contributed by atoms with van der Waals surface area (Å²) < 4.78 is 5.66. The Hall–Kier alpha value is -1.39. The van der Waals surface area contributed by atoms with Crippen LogP contribution in [0, 0.1) is 16.7 Å². The van der Waals surface area contributed by atoms with Crippen molar-refractivity contribution in [1.29, 1.82) is 0 Å². The Morgan fingerprint density at radius 2 is 1.83 bits per heavy atom. The lowest BCUT2D eigenvalue weighted by Crippen LogP contribution is -2.48. The first-order chi connectivity index (χ1) is 14.1. The summed E-state index contributed by atoms with van der Waals surface area (Å²) in [6, 6.07) is 11.0. The second-order valence-electron chi connectivity index (χ2n) is 10.1. The van der Waals surface area contributed by atoms with Gasteiger partial charge in [0.05, 0.1) is 12.0 Å². The lowest BCUT2D eigenvalue weighted by Gasteiger charge is -2.43. The Morgan fingerprint density at radius 1 is 1.14 bits per heavy atom. The monoisotopic (exact) mass is 399 g/mol. The van der Waals surface area contributed by atoms with E-state index >= 15 is 0 Å². The SMILES string of the molecule is COCC1(CC[C@@H]2CC2c2ccccc2)CCN(CC2(C(=O)O)CCCC2)CC1. The maximum atomic E-state index is 11.9. The predicted molar refractivity (Wildman–Crippen MR) is 115 cm³/mol. The summed E-state index contributed by atoms with van der Waals surface area (Å²) in [6.07, 6.45) is 9.98. The van der Waals surface area contributed by atoms with Gasteiger partial charge in [0.25, 0.3) is 0 Å². The molecule has 4 heteroatoms. The van der Waals surface area contributed by atoms with E-state index < -0.39 is 11.4 Å². The van der Waals surface area contributed by atoms with Crippen molar-refractivity contribution in [2.75, 3.05) is 33.4 Å². The van der Waals surface area contributed by atoms with E-state index in [-0.39, 0.29) is 5.41 Å². The van der Waals surface area contributed by atoms with Gasteiger partial charge in [-0.25, -0.2) is 0 Å². The third-order valence-electron chi connectivity index (χ3n) is 8.10. The Balaban J connectivity index is 1.29. The van der Waals surface area contributed by atoms with E-state index in [9.17, 15) is 9.90 Å². The van der Waals surface area contributed by atoms with E-state index in [0.29, 0.717) is 0 Å². The number of likely N-dealkylation sites (tertiary alicyclic amines) is 1. The minimum Gasteiger partial charge on any atom is -0.481 e. The number of benzene rings is 1. The zero-order valence-electron chi connectivity index (χ0n) is 17.9. The van der Waals surface area contributed by atoms with Gasteiger partial charge in [-0.05, 0) is 80.8 Å². The van der Waals surface area contributed by atoms with Crippen LogP contribution in [-0.2, 0) is 9.53 Å². The van der Waals surface area contributed by atoms with Crippen molar-refractivity contribution in [2.24, 2.45) is 16.7 Å². The molecule has 3 aliphatic rings. The van der Waals surface area contributed by atoms with Gasteiger partial charge in [0.15, 0.2) is 0 Å². The summed E-state index contributed by atoms with van der Waals surface area (Å²) in [6.45, 7) is 3.62. The van der Waals surface area contributed by atoms with E-state index in [1.807, 2.05) is 7.11 Å². The molecule has 160 valence electrons. The van der Waals surface area contributed by atoms with Crippen LogP contribution in [0.4, 0.5) is 0 Å². The minimum atomic E-state index is -0.579. The average molecular weight is 400 g/mol. The molecule has 0 radical (unpaired) electrons. The van der Waals surface area contributed by atoms with Crippen LogP contribution in [0.3, 0.4) is 0 Å². The van der Waals surface area contributed by atoms with Crippen molar-refractivity contribution in [1.82, 2.24) is 4.90 Å². The topological polar surface area (TPSA) is 49.8 Å². The zero-order chi connectivity index (χ0) is 20.3. The average Bonchev–Trinajstić information content (AvgIpc) is 3.37. The van der Waals surface area contributed by atoms with Crippen LogP contribution in [0.25, 0.3) is 0 Å². The minimum absolute atomic E-state index is 0.279. The first kappa shape index (κ1) is 20.9. The smallest absolute Gasteiger partial charge is 0.310 e. The van der Waals surface area contributed by atoms with Gasteiger partial charge < -0.3 is 14.7 Å². The summed E-state index contributed by atoms with van der Waals surface area (Å²) in [7, 11) is 1.83. The van der Waals surface area contributed by atoms with Gasteiger partial charge in [-0.2, -0.15) is 0 Å². The van der Waals surface area contributed by atoms with Crippen molar-refractivity contribution in [3.05, 3.63) is 35.9 Å². The number of ether oxygens (including phenoxy) is 1. The highest BCUT2D eigenvalue weighted by Crippen LogP contribution is 2.52. The van der Waals surface area contributed by atoms with Crippen molar-refractivity contribution >= 4 is 5.97 Å². The van der Waals surface area contributed by atoms with Gasteiger partial charge in [-0.15, -0.1) is 0 Å². The normalized spacial score (nSPS) is 28.3. The Labute approximate surface area is 175 Å². The zero-order valence-corrected chi connectivity index (χ0v) is 17.9. The summed E-state index contributed by atoms with van der Waals surface area (Å²) >= 11 is 0. The fourth-order valence-corrected chi connectivity index (χ4v) is 6.04. The molecular formula is C25H37NO3. The molecule has 1 aromatic rings. The van der Waals surface area contributed by atoms with Crippen molar-refractivity contribution in [3.8, 4) is 0 Å². The summed E-state index contributed by atoms with van der Waals surface area (Å²) in [5.74, 6) is 1.01. The van der Waals surface area contributed by atoms with Gasteiger partial charge in [0.1, 0.15) is 0 Å². The summed E-state index contributed by atoms with van der Waals surface area (Å²) in [5.41, 5.74) is 1.29. The lowest BCUT2D eigenvalue weighted by atomic mass is 9.74. The predicted octanol–water partition coefficient (Wildman–Crippen LogP) is 4.94. The van der Waals surface area contributed by atoms with Crippen LogP contribution in [0.1, 0.15) is 69.3 Å². The number of methoxy groups -OCH3 is 1. The highest BCUT2D eigenvalue weighted by atomic mass is 16.5. The Morgan fingerprint density at radius 3 is 2.45 bits per heavy atom. The Bertz CT molecular complexity index is 675. The summed E-state index contributed by atoms with van der Waals surface area (Å²) in [5, 5.41) is 9.81. The van der Waals surface area contributed by atoms with Crippen LogP contribution in [-0.4, -0.2) is 49.3 Å². The van der Waals surface area contributed by atoms with Gasteiger partial charge >= 0.3 is 5.97 Å². The number of carboxylic acids is 1. The number of rotatable bonds is 9. The number of piperidine rings is 1. The second-order valence-corrected chi connectivity index (χ2v) is 10.1. The van der Waals surface area contributed by atoms with Crippen LogP contribution in [0.2, 0.25) is 0 Å². The highest BCUT2D eigenvalue weighted by molar-refractivity contribution is 5.75. The van der Waals surface area contributed by atoms with Crippen molar-refractivity contribution in [3.63, 3.8) is 0 Å². The molecule has 2 saturated carbocycles. The molecule has 1 aromatic carbocycles. The van der Waals surface area contributed by atoms with Crippen LogP contribution >= 0.6 is 0 Å². The second kappa shape index (κ2) is 8.77. The molecule has 29 heavy (non-hydrogen) atoms. The fraction of sp³-hybridized carbons (Fsp3) is 0.720. The van der Waals surface area contributed by atoms with E-state index in [2.05, 4.69) is 35.2 Å². The molecule has 4 nitrogen and oxygen atoms in total. The quantitative estimate of drug-likeness (QED) is 0.639. The third kappa shape index (κ3) is 4.69. The first-order valence-electron chi connectivity index (χ1n) is 11.6. The van der Waals surface area contributed by atoms with Gasteiger partial charge in [-0.3, -0.25) is 4.79 Å². The fourth-order valence-electron chi connectivity index (χ4n) is 6.04. The molecule has 2 aliphatic carbocycles. The van der Waals surface area contributed by atoms with Crippen LogP contribution in [0.5, 0.6) is 0 Å². The molecule has 0 spiro atoms. The largest absolute Gasteiger partial charge is 0.481 e. The molecule has 1 saturated heterocycles. The number of aliphatic carboxylic acids is 1. The maximum Gasteiger partial charge on any atom is 0.310 e. The molecular weight excluding hydrogens is 362 g/mol. The number of nitrogens with zero attached hydrogens (tertiary/aromatic N) is 1. The van der Waals surface area contributed by atoms with E-state index in [1.54, 1.807) is 0 Å². The maximum absolute atomic E-state index is 11.9. The number of carboxylic acid groups (broad SMARTS) is 1.